The molecule has 1 aromatic carbocycles. The van der Waals surface area contributed by atoms with Gasteiger partial charge in [-0.3, -0.25) is 4.79 Å². The Labute approximate surface area is 345 Å². The first-order valence-corrected chi connectivity index (χ1v) is 23.4. The van der Waals surface area contributed by atoms with Gasteiger partial charge in [0, 0.05) is 48.7 Å². The SMILES string of the molecule is CCCC1CC#CC23CCC45C(Cc6ccc(CCOC)cc6)OC(O)(CCC4(CO)C2(C)CCC2(CC1)C1CC(C)(C(=O)O)CCC1(C)CCC23C)C5CCC. The Morgan fingerprint density at radius 3 is 2.25 bits per heavy atom. The standard InChI is InChI=1S/C51H76O6/c1-8-11-36-13-10-20-48-28-30-50-39(12-9-2)51(55,57-41(50)33-38-16-14-37(15-17-38)19-32-56-7)31-29-49(50,35-52)46(48,6)26-27-47(21-18-36)40-34-44(4,42(53)54)23-22-43(40,3)24-25-45(47,48)5/h14-17,36,39-41,52,55H,8-9,11-13,18-19,21-35H2,1-7H3,(H,53,54). The van der Waals surface area contributed by atoms with Crippen molar-refractivity contribution in [3.05, 3.63) is 35.4 Å². The molecule has 6 aliphatic carbocycles. The minimum atomic E-state index is -1.20. The van der Waals surface area contributed by atoms with Crippen molar-refractivity contribution in [3.63, 3.8) is 0 Å². The first-order valence-electron chi connectivity index (χ1n) is 23.4. The summed E-state index contributed by atoms with van der Waals surface area (Å²) in [6, 6.07) is 8.94. The maximum absolute atomic E-state index is 13.1. The Kier molecular flexibility index (Phi) is 10.5. The Balaban J connectivity index is 1.30. The minimum Gasteiger partial charge on any atom is -0.481 e. The molecule has 316 valence electrons. The van der Waals surface area contributed by atoms with Gasteiger partial charge < -0.3 is 24.8 Å². The van der Waals surface area contributed by atoms with E-state index < -0.39 is 28.0 Å². The van der Waals surface area contributed by atoms with Crippen LogP contribution in [0.25, 0.3) is 0 Å². The maximum atomic E-state index is 13.1. The predicted molar refractivity (Wildman–Crippen MR) is 225 cm³/mol. The summed E-state index contributed by atoms with van der Waals surface area (Å²) in [6.07, 6.45) is 18.7. The van der Waals surface area contributed by atoms with Crippen LogP contribution in [-0.2, 0) is 27.1 Å². The van der Waals surface area contributed by atoms with Crippen molar-refractivity contribution in [1.82, 2.24) is 0 Å². The van der Waals surface area contributed by atoms with Crippen LogP contribution in [0.4, 0.5) is 0 Å². The molecule has 8 rings (SSSR count). The fourth-order valence-corrected chi connectivity index (χ4v) is 17.1. The van der Waals surface area contributed by atoms with Crippen molar-refractivity contribution in [1.29, 1.82) is 0 Å². The molecule has 6 fully saturated rings. The third-order valence-electron chi connectivity index (χ3n) is 20.3. The van der Waals surface area contributed by atoms with E-state index in [1.165, 1.54) is 24.0 Å². The summed E-state index contributed by atoms with van der Waals surface area (Å²) in [5.41, 5.74) is 0.134. The molecule has 3 N–H and O–H groups in total. The summed E-state index contributed by atoms with van der Waals surface area (Å²) in [5, 5.41) is 36.0. The Hall–Kier alpha value is -1.91. The van der Waals surface area contributed by atoms with Gasteiger partial charge in [0.15, 0.2) is 5.79 Å². The second-order valence-corrected chi connectivity index (χ2v) is 22.0. The van der Waals surface area contributed by atoms with Gasteiger partial charge in [0.1, 0.15) is 0 Å². The van der Waals surface area contributed by atoms with Gasteiger partial charge >= 0.3 is 5.97 Å². The van der Waals surface area contributed by atoms with Gasteiger partial charge in [-0.25, -0.2) is 0 Å². The lowest BCUT2D eigenvalue weighted by molar-refractivity contribution is -0.336. The Morgan fingerprint density at radius 1 is 0.860 bits per heavy atom. The molecule has 1 heterocycles. The smallest absolute Gasteiger partial charge is 0.309 e. The quantitative estimate of drug-likeness (QED) is 0.193. The van der Waals surface area contributed by atoms with Crippen LogP contribution in [0.5, 0.6) is 0 Å². The summed E-state index contributed by atoms with van der Waals surface area (Å²) >= 11 is 0. The molecule has 4 bridgehead atoms. The number of carbonyl (C=O) groups is 1. The van der Waals surface area contributed by atoms with Crippen molar-refractivity contribution >= 4 is 5.97 Å². The summed E-state index contributed by atoms with van der Waals surface area (Å²) in [7, 11) is 1.75. The van der Waals surface area contributed by atoms with Crippen LogP contribution in [-0.4, -0.2) is 53.5 Å². The van der Waals surface area contributed by atoms with Crippen LogP contribution in [0.3, 0.4) is 0 Å². The lowest BCUT2D eigenvalue weighted by Crippen LogP contribution is -2.78. The number of carboxylic acids is 1. The highest BCUT2D eigenvalue weighted by atomic mass is 16.6. The first kappa shape index (κ1) is 41.8. The zero-order valence-corrected chi connectivity index (χ0v) is 36.7. The molecule has 6 heteroatoms. The lowest BCUT2D eigenvalue weighted by Gasteiger charge is -2.81. The molecule has 57 heavy (non-hydrogen) atoms. The average Bonchev–Trinajstić information content (AvgIpc) is 3.35. The summed E-state index contributed by atoms with van der Waals surface area (Å²) in [4.78, 5) is 13.1. The molecule has 0 amide bonds. The van der Waals surface area contributed by atoms with E-state index in [-0.39, 0.29) is 45.7 Å². The third kappa shape index (κ3) is 5.45. The van der Waals surface area contributed by atoms with Gasteiger partial charge in [0.05, 0.1) is 18.1 Å². The number of fused-ring (bicyclic) bond motifs is 3. The van der Waals surface area contributed by atoms with Gasteiger partial charge in [-0.1, -0.05) is 77.6 Å². The summed E-state index contributed by atoms with van der Waals surface area (Å²) < 4.78 is 12.5. The molecule has 1 saturated heterocycles. The molecule has 13 unspecified atom stereocenters. The van der Waals surface area contributed by atoms with E-state index in [2.05, 4.69) is 70.7 Å². The normalized spacial score (nSPS) is 48.4. The van der Waals surface area contributed by atoms with E-state index in [4.69, 9.17) is 9.47 Å². The van der Waals surface area contributed by atoms with Crippen LogP contribution in [0.1, 0.15) is 168 Å². The highest BCUT2D eigenvalue weighted by Crippen LogP contribution is 2.88. The zero-order chi connectivity index (χ0) is 40.8. The van der Waals surface area contributed by atoms with Crippen LogP contribution < -0.4 is 0 Å². The number of aliphatic hydroxyl groups is 2. The van der Waals surface area contributed by atoms with Gasteiger partial charge in [0.2, 0.25) is 0 Å². The van der Waals surface area contributed by atoms with Crippen LogP contribution in [0, 0.1) is 72.9 Å². The molecule has 7 aliphatic rings. The highest BCUT2D eigenvalue weighted by Gasteiger charge is 2.85. The number of ether oxygens (including phenoxy) is 2. The second kappa shape index (κ2) is 14.3. The van der Waals surface area contributed by atoms with Gasteiger partial charge in [-0.2, -0.15) is 0 Å². The number of aliphatic carboxylic acids is 1. The van der Waals surface area contributed by atoms with E-state index in [9.17, 15) is 20.1 Å². The topological polar surface area (TPSA) is 96.2 Å². The molecular weight excluding hydrogens is 709 g/mol. The van der Waals surface area contributed by atoms with Gasteiger partial charge in [0.25, 0.3) is 0 Å². The van der Waals surface area contributed by atoms with E-state index in [1.54, 1.807) is 7.11 Å². The molecule has 6 nitrogen and oxygen atoms in total. The van der Waals surface area contributed by atoms with E-state index in [0.29, 0.717) is 24.9 Å². The molecule has 0 radical (unpaired) electrons. The third-order valence-corrected chi connectivity index (χ3v) is 20.3. The average molecular weight is 785 g/mol. The van der Waals surface area contributed by atoms with Crippen LogP contribution in [0.15, 0.2) is 24.3 Å². The number of rotatable bonds is 11. The fraction of sp³-hybridized carbons (Fsp3) is 0.824. The van der Waals surface area contributed by atoms with Crippen molar-refractivity contribution in [3.8, 4) is 11.8 Å². The fourth-order valence-electron chi connectivity index (χ4n) is 17.1. The molecule has 2 spiro atoms. The van der Waals surface area contributed by atoms with Crippen LogP contribution in [0.2, 0.25) is 0 Å². The van der Waals surface area contributed by atoms with Crippen molar-refractivity contribution in [2.45, 2.75) is 182 Å². The second-order valence-electron chi connectivity index (χ2n) is 22.0. The predicted octanol–water partition coefficient (Wildman–Crippen LogP) is 10.5. The molecule has 1 aromatic rings. The van der Waals surface area contributed by atoms with E-state index in [1.807, 2.05) is 6.92 Å². The van der Waals surface area contributed by atoms with Crippen molar-refractivity contribution < 1.29 is 29.6 Å². The maximum Gasteiger partial charge on any atom is 0.309 e. The number of hydrogen-bond donors (Lipinski definition) is 3. The number of methoxy groups -OCH3 is 1. The van der Waals surface area contributed by atoms with E-state index >= 15 is 0 Å². The monoisotopic (exact) mass is 785 g/mol. The molecular formula is C51H76O6. The highest BCUT2D eigenvalue weighted by molar-refractivity contribution is 5.74. The molecule has 1 aliphatic heterocycles. The van der Waals surface area contributed by atoms with Gasteiger partial charge in [-0.05, 0) is 154 Å². The number of carboxylic acid groups (broad SMARTS) is 1. The largest absolute Gasteiger partial charge is 0.481 e. The molecule has 13 atom stereocenters. The first-order chi connectivity index (χ1) is 27.1. The van der Waals surface area contributed by atoms with Gasteiger partial charge in [-0.15, -0.1) is 5.92 Å². The van der Waals surface area contributed by atoms with E-state index in [0.717, 1.165) is 109 Å². The number of benzene rings is 1. The Bertz CT molecular complexity index is 1750. The van der Waals surface area contributed by atoms with Crippen LogP contribution >= 0.6 is 0 Å². The number of hydrogen-bond acceptors (Lipinski definition) is 5. The summed E-state index contributed by atoms with van der Waals surface area (Å²) in [5.74, 6) is 7.30. The summed E-state index contributed by atoms with van der Waals surface area (Å²) in [6.45, 7) is 15.1. The molecule has 5 saturated carbocycles. The minimum absolute atomic E-state index is 0.0306. The molecule has 0 aromatic heterocycles. The zero-order valence-electron chi connectivity index (χ0n) is 36.7. The Morgan fingerprint density at radius 2 is 1.56 bits per heavy atom. The van der Waals surface area contributed by atoms with Crippen molar-refractivity contribution in [2.75, 3.05) is 20.3 Å². The number of aliphatic hydroxyl groups excluding tert-OH is 1. The van der Waals surface area contributed by atoms with Crippen molar-refractivity contribution in [2.24, 2.45) is 61.1 Å². The lowest BCUT2D eigenvalue weighted by atomic mass is 9.22.